The first kappa shape index (κ1) is 14.5. The van der Waals surface area contributed by atoms with Crippen LogP contribution < -0.4 is 0 Å². The van der Waals surface area contributed by atoms with E-state index in [0.717, 1.165) is 10.8 Å². The molecule has 20 heavy (non-hydrogen) atoms. The fraction of sp³-hybridized carbons (Fsp3) is 0.375. The van der Waals surface area contributed by atoms with Crippen molar-refractivity contribution in [3.8, 4) is 0 Å². The fourth-order valence-electron chi connectivity index (χ4n) is 2.42. The Bertz CT molecular complexity index is 604. The molecule has 2 rings (SSSR count). The minimum Gasteiger partial charge on any atom is -0.481 e. The maximum atomic E-state index is 11.2. The van der Waals surface area contributed by atoms with E-state index in [-0.39, 0.29) is 12.3 Å². The number of hydrogen-bond acceptors (Lipinski definition) is 3. The molecular weight excluding hydrogens is 254 g/mol. The molecule has 0 spiro atoms. The van der Waals surface area contributed by atoms with Gasteiger partial charge in [-0.15, -0.1) is 0 Å². The van der Waals surface area contributed by atoms with Crippen LogP contribution in [0.25, 0.3) is 10.8 Å². The molecule has 0 aliphatic carbocycles. The van der Waals surface area contributed by atoms with Crippen molar-refractivity contribution in [3.05, 3.63) is 42.2 Å². The zero-order valence-corrected chi connectivity index (χ0v) is 11.7. The number of aliphatic carboxylic acids is 1. The first-order chi connectivity index (χ1) is 9.50. The number of hydrogen-bond donors (Lipinski definition) is 2. The van der Waals surface area contributed by atoms with Crippen LogP contribution in [-0.4, -0.2) is 21.2 Å². The molecule has 0 radical (unpaired) electrons. The summed E-state index contributed by atoms with van der Waals surface area (Å²) in [7, 11) is 0. The largest absolute Gasteiger partial charge is 0.481 e. The first-order valence-corrected chi connectivity index (χ1v) is 6.75. The third kappa shape index (κ3) is 2.96. The molecule has 1 heterocycles. The van der Waals surface area contributed by atoms with Gasteiger partial charge in [0.2, 0.25) is 0 Å². The van der Waals surface area contributed by atoms with Gasteiger partial charge in [0.05, 0.1) is 17.7 Å². The molecule has 2 unspecified atom stereocenters. The number of aliphatic hydroxyl groups is 1. The number of aromatic nitrogens is 1. The second-order valence-electron chi connectivity index (χ2n) is 5.36. The molecule has 0 amide bonds. The second kappa shape index (κ2) is 6.01. The summed E-state index contributed by atoms with van der Waals surface area (Å²) in [5, 5.41) is 21.4. The van der Waals surface area contributed by atoms with Crippen LogP contribution in [0.3, 0.4) is 0 Å². The van der Waals surface area contributed by atoms with Crippen molar-refractivity contribution < 1.29 is 15.0 Å². The van der Waals surface area contributed by atoms with Gasteiger partial charge < -0.3 is 10.2 Å². The van der Waals surface area contributed by atoms with Crippen LogP contribution in [0.1, 0.15) is 32.1 Å². The van der Waals surface area contributed by atoms with Crippen LogP contribution in [0.5, 0.6) is 0 Å². The number of aliphatic hydroxyl groups excluding tert-OH is 1. The minimum atomic E-state index is -0.876. The Morgan fingerprint density at radius 3 is 2.60 bits per heavy atom. The molecule has 0 aliphatic heterocycles. The SMILES string of the molecule is CC(C)C(CC(O)c1nccc2ccccc12)C(=O)O. The Kier molecular flexibility index (Phi) is 4.35. The van der Waals surface area contributed by atoms with Crippen LogP contribution in [-0.2, 0) is 4.79 Å². The lowest BCUT2D eigenvalue weighted by molar-refractivity contribution is -0.144. The highest BCUT2D eigenvalue weighted by Gasteiger charge is 2.26. The molecule has 106 valence electrons. The van der Waals surface area contributed by atoms with Gasteiger partial charge in [-0.2, -0.15) is 0 Å². The maximum absolute atomic E-state index is 11.2. The molecule has 4 heteroatoms. The van der Waals surface area contributed by atoms with Crippen molar-refractivity contribution in [2.24, 2.45) is 11.8 Å². The maximum Gasteiger partial charge on any atom is 0.306 e. The van der Waals surface area contributed by atoms with E-state index in [1.54, 1.807) is 6.20 Å². The van der Waals surface area contributed by atoms with Crippen molar-refractivity contribution in [1.29, 1.82) is 0 Å². The number of carbonyl (C=O) groups is 1. The molecule has 0 bridgehead atoms. The lowest BCUT2D eigenvalue weighted by Crippen LogP contribution is -2.22. The standard InChI is InChI=1S/C16H19NO3/c1-10(2)13(16(19)20)9-14(18)15-12-6-4-3-5-11(12)7-8-17-15/h3-8,10,13-14,18H,9H2,1-2H3,(H,19,20). The molecule has 1 aromatic carbocycles. The van der Waals surface area contributed by atoms with Gasteiger partial charge in [0.1, 0.15) is 0 Å². The molecule has 2 N–H and O–H groups in total. The predicted octanol–water partition coefficient (Wildman–Crippen LogP) is 3.02. The lowest BCUT2D eigenvalue weighted by Gasteiger charge is -2.20. The highest BCUT2D eigenvalue weighted by atomic mass is 16.4. The molecule has 0 aliphatic rings. The monoisotopic (exact) mass is 273 g/mol. The Morgan fingerprint density at radius 1 is 1.25 bits per heavy atom. The van der Waals surface area contributed by atoms with E-state index in [2.05, 4.69) is 4.98 Å². The van der Waals surface area contributed by atoms with E-state index >= 15 is 0 Å². The van der Waals surface area contributed by atoms with Crippen molar-refractivity contribution in [3.63, 3.8) is 0 Å². The van der Waals surface area contributed by atoms with Crippen LogP contribution in [0.15, 0.2) is 36.5 Å². The van der Waals surface area contributed by atoms with Gasteiger partial charge in [-0.1, -0.05) is 38.1 Å². The van der Waals surface area contributed by atoms with Gasteiger partial charge in [-0.3, -0.25) is 9.78 Å². The number of benzene rings is 1. The Labute approximate surface area is 118 Å². The fourth-order valence-corrected chi connectivity index (χ4v) is 2.42. The Morgan fingerprint density at radius 2 is 1.95 bits per heavy atom. The summed E-state index contributed by atoms with van der Waals surface area (Å²) in [5.41, 5.74) is 0.551. The minimum absolute atomic E-state index is 0.0304. The van der Waals surface area contributed by atoms with Crippen molar-refractivity contribution in [2.75, 3.05) is 0 Å². The number of carboxylic acids is 1. The van der Waals surface area contributed by atoms with Crippen molar-refractivity contribution in [1.82, 2.24) is 4.98 Å². The van der Waals surface area contributed by atoms with E-state index in [0.29, 0.717) is 5.69 Å². The summed E-state index contributed by atoms with van der Waals surface area (Å²) in [6.07, 6.45) is 0.949. The lowest BCUT2D eigenvalue weighted by atomic mass is 9.88. The number of fused-ring (bicyclic) bond motifs is 1. The van der Waals surface area contributed by atoms with E-state index in [4.69, 9.17) is 0 Å². The van der Waals surface area contributed by atoms with Crippen LogP contribution in [0, 0.1) is 11.8 Å². The summed E-state index contributed by atoms with van der Waals surface area (Å²) in [6, 6.07) is 9.53. The highest BCUT2D eigenvalue weighted by Crippen LogP contribution is 2.29. The van der Waals surface area contributed by atoms with E-state index < -0.39 is 18.0 Å². The van der Waals surface area contributed by atoms with Gasteiger partial charge in [-0.05, 0) is 23.8 Å². The summed E-state index contributed by atoms with van der Waals surface area (Å²) in [5.74, 6) is -1.48. The van der Waals surface area contributed by atoms with Gasteiger partial charge >= 0.3 is 5.97 Å². The topological polar surface area (TPSA) is 70.4 Å². The zero-order chi connectivity index (χ0) is 14.7. The zero-order valence-electron chi connectivity index (χ0n) is 11.7. The van der Waals surface area contributed by atoms with Gasteiger partial charge in [0, 0.05) is 11.6 Å². The third-order valence-corrected chi connectivity index (χ3v) is 3.62. The van der Waals surface area contributed by atoms with Gasteiger partial charge in [0.25, 0.3) is 0 Å². The number of carboxylic acid groups (broad SMARTS) is 1. The Hall–Kier alpha value is -1.94. The molecule has 2 aromatic rings. The Balaban J connectivity index is 2.31. The van der Waals surface area contributed by atoms with E-state index in [9.17, 15) is 15.0 Å². The first-order valence-electron chi connectivity index (χ1n) is 6.75. The number of pyridine rings is 1. The van der Waals surface area contributed by atoms with E-state index in [1.807, 2.05) is 44.2 Å². The summed E-state index contributed by atoms with van der Waals surface area (Å²) in [4.78, 5) is 15.5. The average molecular weight is 273 g/mol. The second-order valence-corrected chi connectivity index (χ2v) is 5.36. The molecule has 4 nitrogen and oxygen atoms in total. The van der Waals surface area contributed by atoms with Crippen molar-refractivity contribution in [2.45, 2.75) is 26.4 Å². The normalized spacial score (nSPS) is 14.4. The van der Waals surface area contributed by atoms with E-state index in [1.165, 1.54) is 0 Å². The van der Waals surface area contributed by atoms with Gasteiger partial charge in [0.15, 0.2) is 0 Å². The smallest absolute Gasteiger partial charge is 0.306 e. The van der Waals surface area contributed by atoms with Crippen LogP contribution in [0.4, 0.5) is 0 Å². The third-order valence-electron chi connectivity index (χ3n) is 3.62. The molecule has 1 aromatic heterocycles. The summed E-state index contributed by atoms with van der Waals surface area (Å²) in [6.45, 7) is 3.70. The summed E-state index contributed by atoms with van der Waals surface area (Å²) < 4.78 is 0. The number of rotatable bonds is 5. The van der Waals surface area contributed by atoms with Gasteiger partial charge in [-0.25, -0.2) is 0 Å². The predicted molar refractivity (Wildman–Crippen MR) is 77.3 cm³/mol. The molecule has 0 saturated heterocycles. The number of nitrogens with zero attached hydrogens (tertiary/aromatic N) is 1. The molecule has 2 atom stereocenters. The molecule has 0 saturated carbocycles. The van der Waals surface area contributed by atoms with Crippen LogP contribution >= 0.6 is 0 Å². The molecule has 0 fully saturated rings. The highest BCUT2D eigenvalue weighted by molar-refractivity contribution is 5.84. The van der Waals surface area contributed by atoms with Crippen LogP contribution in [0.2, 0.25) is 0 Å². The average Bonchev–Trinajstić information content (AvgIpc) is 2.43. The van der Waals surface area contributed by atoms with Crippen molar-refractivity contribution >= 4 is 16.7 Å². The summed E-state index contributed by atoms with van der Waals surface area (Å²) >= 11 is 0. The quantitative estimate of drug-likeness (QED) is 0.878. The molecular formula is C16H19NO3.